The number of carbonyl (C=O) groups is 3. The van der Waals surface area contributed by atoms with Crippen molar-refractivity contribution in [3.8, 4) is 0 Å². The number of nitrogens with zero attached hydrogens (tertiary/aromatic N) is 2. The summed E-state index contributed by atoms with van der Waals surface area (Å²) in [6.45, 7) is 5.53. The largest absolute Gasteiger partial charge is 0.350 e. The van der Waals surface area contributed by atoms with E-state index < -0.39 is 12.1 Å². The van der Waals surface area contributed by atoms with Gasteiger partial charge in [-0.15, -0.1) is 11.5 Å². The maximum absolute atomic E-state index is 12.4. The van der Waals surface area contributed by atoms with E-state index in [0.717, 1.165) is 10.6 Å². The van der Waals surface area contributed by atoms with E-state index in [1.54, 1.807) is 0 Å². The average Bonchev–Trinajstić information content (AvgIpc) is 2.69. The highest BCUT2D eigenvalue weighted by atomic mass is 16.3. The van der Waals surface area contributed by atoms with Gasteiger partial charge in [0.15, 0.2) is 0 Å². The Hall–Kier alpha value is -3.23. The van der Waals surface area contributed by atoms with Crippen LogP contribution < -0.4 is 16.0 Å². The zero-order valence-electron chi connectivity index (χ0n) is 16.0. The van der Waals surface area contributed by atoms with Crippen LogP contribution in [0.3, 0.4) is 0 Å². The number of urea groups is 1. The van der Waals surface area contributed by atoms with Gasteiger partial charge in [0, 0.05) is 20.0 Å². The van der Waals surface area contributed by atoms with Crippen LogP contribution in [0, 0.1) is 4.91 Å². The van der Waals surface area contributed by atoms with E-state index in [0.29, 0.717) is 32.4 Å². The van der Waals surface area contributed by atoms with E-state index in [2.05, 4.69) is 27.8 Å². The molecule has 1 aromatic carbocycles. The van der Waals surface area contributed by atoms with Gasteiger partial charge < -0.3 is 16.0 Å². The van der Waals surface area contributed by atoms with Crippen LogP contribution in [0.4, 0.5) is 4.79 Å². The van der Waals surface area contributed by atoms with Crippen LogP contribution in [0.2, 0.25) is 0 Å². The molecule has 4 amide bonds. The molecule has 9 nitrogen and oxygen atoms in total. The Morgan fingerprint density at radius 1 is 1.18 bits per heavy atom. The molecule has 0 radical (unpaired) electrons. The molecule has 1 unspecified atom stereocenters. The summed E-state index contributed by atoms with van der Waals surface area (Å²) in [5.74, 6) is -0.546. The fraction of sp³-hybridized carbons (Fsp3) is 0.421. The van der Waals surface area contributed by atoms with Crippen molar-refractivity contribution in [3.63, 3.8) is 0 Å². The Bertz CT molecular complexity index is 666. The second-order valence-corrected chi connectivity index (χ2v) is 6.14. The maximum atomic E-state index is 12.4. The molecule has 1 rings (SSSR count). The molecule has 9 heteroatoms. The van der Waals surface area contributed by atoms with Crippen LogP contribution >= 0.6 is 0 Å². The Labute approximate surface area is 164 Å². The number of nitroso groups, excluding NO2 is 1. The second kappa shape index (κ2) is 13.0. The molecule has 152 valence electrons. The number of amides is 4. The Morgan fingerprint density at radius 2 is 1.89 bits per heavy atom. The fourth-order valence-corrected chi connectivity index (χ4v) is 2.46. The molecular weight excluding hydrogens is 362 g/mol. The van der Waals surface area contributed by atoms with E-state index in [4.69, 9.17) is 0 Å². The fourth-order valence-electron chi connectivity index (χ4n) is 2.46. The summed E-state index contributed by atoms with van der Waals surface area (Å²) >= 11 is 0. The molecule has 28 heavy (non-hydrogen) atoms. The third-order valence-electron chi connectivity index (χ3n) is 3.83. The highest BCUT2D eigenvalue weighted by Crippen LogP contribution is 2.03. The Balaban J connectivity index is 2.39. The van der Waals surface area contributed by atoms with Crippen LogP contribution in [0.5, 0.6) is 0 Å². The van der Waals surface area contributed by atoms with E-state index in [1.807, 2.05) is 30.3 Å². The first-order chi connectivity index (χ1) is 13.5. The van der Waals surface area contributed by atoms with Gasteiger partial charge in [0.1, 0.15) is 6.04 Å². The summed E-state index contributed by atoms with van der Waals surface area (Å²) in [6, 6.07) is 8.22. The molecule has 0 aromatic heterocycles. The van der Waals surface area contributed by atoms with Crippen molar-refractivity contribution < 1.29 is 14.4 Å². The zero-order valence-corrected chi connectivity index (χ0v) is 16.0. The molecule has 0 aliphatic rings. The number of rotatable bonds is 12. The first-order valence-electron chi connectivity index (χ1n) is 9.06. The van der Waals surface area contributed by atoms with Gasteiger partial charge in [-0.25, -0.2) is 4.79 Å². The van der Waals surface area contributed by atoms with Gasteiger partial charge in [-0.05, 0) is 24.8 Å². The highest BCUT2D eigenvalue weighted by Gasteiger charge is 2.19. The summed E-state index contributed by atoms with van der Waals surface area (Å²) in [4.78, 5) is 46.0. The predicted molar refractivity (Wildman–Crippen MR) is 106 cm³/mol. The van der Waals surface area contributed by atoms with Crippen molar-refractivity contribution in [3.05, 3.63) is 53.5 Å². The van der Waals surface area contributed by atoms with Crippen molar-refractivity contribution in [1.82, 2.24) is 21.0 Å². The summed E-state index contributed by atoms with van der Waals surface area (Å²) in [5.41, 5.74) is 0.966. The first-order valence-corrected chi connectivity index (χ1v) is 9.06. The molecule has 0 spiro atoms. The van der Waals surface area contributed by atoms with Crippen molar-refractivity contribution in [2.24, 2.45) is 5.29 Å². The minimum absolute atomic E-state index is 0.0293. The minimum atomic E-state index is -0.647. The minimum Gasteiger partial charge on any atom is -0.350 e. The molecule has 0 saturated heterocycles. The zero-order chi connectivity index (χ0) is 20.8. The SMILES string of the molecule is C=CCN(N=O)C(=O)NCCCCC(NC(C)=O)C(=O)NCc1ccccc1. The van der Waals surface area contributed by atoms with Gasteiger partial charge >= 0.3 is 6.03 Å². The van der Waals surface area contributed by atoms with E-state index in [-0.39, 0.29) is 18.4 Å². The lowest BCUT2D eigenvalue weighted by Crippen LogP contribution is -2.45. The first kappa shape index (κ1) is 22.8. The number of unbranched alkanes of at least 4 members (excludes halogenated alkanes) is 1. The topological polar surface area (TPSA) is 120 Å². The Kier molecular flexibility index (Phi) is 10.6. The number of carbonyl (C=O) groups excluding carboxylic acids is 3. The van der Waals surface area contributed by atoms with Crippen LogP contribution in [-0.4, -0.2) is 42.0 Å². The molecule has 0 bridgehead atoms. The number of hydrogen-bond acceptors (Lipinski definition) is 5. The Morgan fingerprint density at radius 3 is 2.50 bits per heavy atom. The number of hydrogen-bond donors (Lipinski definition) is 3. The van der Waals surface area contributed by atoms with Crippen LogP contribution in [0.1, 0.15) is 31.7 Å². The van der Waals surface area contributed by atoms with E-state index >= 15 is 0 Å². The molecule has 0 aliphatic carbocycles. The third kappa shape index (κ3) is 8.93. The molecule has 0 fully saturated rings. The van der Waals surface area contributed by atoms with Crippen LogP contribution in [0.15, 0.2) is 48.3 Å². The lowest BCUT2D eigenvalue weighted by Gasteiger charge is -2.18. The van der Waals surface area contributed by atoms with Crippen molar-refractivity contribution in [2.45, 2.75) is 38.8 Å². The maximum Gasteiger partial charge on any atom is 0.340 e. The molecule has 1 atom stereocenters. The van der Waals surface area contributed by atoms with Crippen molar-refractivity contribution in [2.75, 3.05) is 13.1 Å². The number of nitrogens with one attached hydrogen (secondary N) is 3. The second-order valence-electron chi connectivity index (χ2n) is 6.14. The molecule has 1 aromatic rings. The normalized spacial score (nSPS) is 11.0. The summed E-state index contributed by atoms with van der Waals surface area (Å²) in [6.07, 6.45) is 3.00. The van der Waals surface area contributed by atoms with Crippen LogP contribution in [-0.2, 0) is 16.1 Å². The molecule has 0 heterocycles. The predicted octanol–water partition coefficient (Wildman–Crippen LogP) is 1.86. The van der Waals surface area contributed by atoms with E-state index in [9.17, 15) is 19.3 Å². The van der Waals surface area contributed by atoms with Gasteiger partial charge in [-0.1, -0.05) is 36.4 Å². The van der Waals surface area contributed by atoms with Gasteiger partial charge in [0.05, 0.1) is 11.8 Å². The monoisotopic (exact) mass is 389 g/mol. The van der Waals surface area contributed by atoms with Gasteiger partial charge in [-0.2, -0.15) is 5.01 Å². The molecule has 0 aliphatic heterocycles. The standard InChI is InChI=1S/C19H27N5O4/c1-3-13-24(23-28)19(27)20-12-8-7-11-17(22-15(2)25)18(26)21-14-16-9-5-4-6-10-16/h3-6,9-10,17H,1,7-8,11-14H2,2H3,(H,20,27)(H,21,26)(H,22,25). The highest BCUT2D eigenvalue weighted by molar-refractivity contribution is 5.86. The summed E-state index contributed by atoms with van der Waals surface area (Å²) < 4.78 is 0. The molecular formula is C19H27N5O4. The van der Waals surface area contributed by atoms with E-state index in [1.165, 1.54) is 13.0 Å². The van der Waals surface area contributed by atoms with Crippen molar-refractivity contribution in [1.29, 1.82) is 0 Å². The van der Waals surface area contributed by atoms with Crippen molar-refractivity contribution >= 4 is 17.8 Å². The molecule has 0 saturated carbocycles. The van der Waals surface area contributed by atoms with Gasteiger partial charge in [0.2, 0.25) is 11.8 Å². The summed E-state index contributed by atoms with van der Waals surface area (Å²) in [7, 11) is 0. The smallest absolute Gasteiger partial charge is 0.340 e. The third-order valence-corrected chi connectivity index (χ3v) is 3.83. The average molecular weight is 389 g/mol. The summed E-state index contributed by atoms with van der Waals surface area (Å²) in [5, 5.41) is 11.4. The lowest BCUT2D eigenvalue weighted by atomic mass is 10.1. The lowest BCUT2D eigenvalue weighted by molar-refractivity contribution is -0.128. The quantitative estimate of drug-likeness (QED) is 0.219. The van der Waals surface area contributed by atoms with Gasteiger partial charge in [-0.3, -0.25) is 9.59 Å². The number of benzene rings is 1. The van der Waals surface area contributed by atoms with Gasteiger partial charge in [0.25, 0.3) is 0 Å². The molecule has 3 N–H and O–H groups in total. The van der Waals surface area contributed by atoms with Crippen LogP contribution in [0.25, 0.3) is 0 Å².